The normalized spacial score (nSPS) is 18.5. The summed E-state index contributed by atoms with van der Waals surface area (Å²) in [6, 6.07) is 2.40. The highest BCUT2D eigenvalue weighted by atomic mass is 35.5. The topological polar surface area (TPSA) is 56.2 Å². The van der Waals surface area contributed by atoms with Crippen molar-refractivity contribution < 1.29 is 9.18 Å². The van der Waals surface area contributed by atoms with Crippen molar-refractivity contribution in [2.45, 2.75) is 33.2 Å². The molecule has 7 heteroatoms. The van der Waals surface area contributed by atoms with Crippen molar-refractivity contribution >= 4 is 40.5 Å². The van der Waals surface area contributed by atoms with Crippen molar-refractivity contribution in [1.82, 2.24) is 5.32 Å². The molecule has 1 saturated heterocycles. The summed E-state index contributed by atoms with van der Waals surface area (Å²) >= 11 is 11.6. The lowest BCUT2D eigenvalue weighted by Crippen LogP contribution is -2.36. The van der Waals surface area contributed by atoms with E-state index in [9.17, 15) is 9.18 Å². The summed E-state index contributed by atoms with van der Waals surface area (Å²) < 4.78 is 13.5. The zero-order valence-corrected chi connectivity index (χ0v) is 15.3. The van der Waals surface area contributed by atoms with Crippen LogP contribution in [0.4, 0.5) is 10.1 Å². The first-order valence-electron chi connectivity index (χ1n) is 7.59. The minimum absolute atomic E-state index is 0.111. The summed E-state index contributed by atoms with van der Waals surface area (Å²) in [5.41, 5.74) is 0.701. The van der Waals surface area contributed by atoms with Crippen LogP contribution in [0, 0.1) is 16.6 Å². The predicted molar refractivity (Wildman–Crippen MR) is 96.6 cm³/mol. The minimum atomic E-state index is -0.688. The van der Waals surface area contributed by atoms with Crippen LogP contribution in [0.3, 0.4) is 0 Å². The molecule has 0 aromatic heterocycles. The zero-order chi connectivity index (χ0) is 18.1. The Hall–Kier alpha value is -1.59. The van der Waals surface area contributed by atoms with Crippen LogP contribution >= 0.6 is 23.2 Å². The van der Waals surface area contributed by atoms with Gasteiger partial charge in [-0.2, -0.15) is 0 Å². The number of anilines is 1. The Balaban J connectivity index is 2.05. The van der Waals surface area contributed by atoms with Crippen molar-refractivity contribution in [3.8, 4) is 0 Å². The molecule has 2 N–H and O–H groups in total. The van der Waals surface area contributed by atoms with E-state index in [0.29, 0.717) is 24.4 Å². The number of nitrogens with one attached hydrogen (secondary N) is 2. The van der Waals surface area contributed by atoms with Gasteiger partial charge in [0, 0.05) is 23.4 Å². The monoisotopic (exact) mass is 371 g/mol. The molecule has 1 heterocycles. The number of amides is 1. The van der Waals surface area contributed by atoms with E-state index < -0.39 is 11.9 Å². The number of nitrogens with zero attached hydrogens (tertiary/aromatic N) is 1. The van der Waals surface area contributed by atoms with Crippen LogP contribution < -0.4 is 10.2 Å². The Morgan fingerprint density at radius 2 is 1.96 bits per heavy atom. The number of hydrogen-bond acceptors (Lipinski definition) is 3. The van der Waals surface area contributed by atoms with Gasteiger partial charge in [-0.05, 0) is 30.8 Å². The molecule has 1 aromatic rings. The lowest BCUT2D eigenvalue weighted by molar-refractivity contribution is -0.118. The summed E-state index contributed by atoms with van der Waals surface area (Å²) in [5, 5.41) is 10.7. The molecule has 2 rings (SSSR count). The molecule has 24 heavy (non-hydrogen) atoms. The van der Waals surface area contributed by atoms with Crippen LogP contribution in [-0.2, 0) is 4.79 Å². The minimum Gasteiger partial charge on any atom is -0.380 e. The third kappa shape index (κ3) is 4.08. The van der Waals surface area contributed by atoms with Crippen LogP contribution in [0.1, 0.15) is 27.2 Å². The summed E-state index contributed by atoms with van der Waals surface area (Å²) in [4.78, 5) is 14.0. The van der Waals surface area contributed by atoms with Gasteiger partial charge < -0.3 is 15.6 Å². The second-order valence-electron chi connectivity index (χ2n) is 6.72. The van der Waals surface area contributed by atoms with Crippen molar-refractivity contribution in [2.24, 2.45) is 5.41 Å². The van der Waals surface area contributed by atoms with Crippen molar-refractivity contribution in [3.63, 3.8) is 0 Å². The standard InChI is InChI=1S/C17H20Cl2FN3O/c1-17(2,3)14(21)4-6-22-13-5-7-23(16(13)24)10-8-11(18)15(20)12(19)9-10/h4,6,8-9,13,21-22H,5,7H2,1-3H3/b6-4-,21-14?. The van der Waals surface area contributed by atoms with Crippen molar-refractivity contribution in [1.29, 1.82) is 5.41 Å². The molecular formula is C17H20Cl2FN3O. The molecule has 1 atom stereocenters. The van der Waals surface area contributed by atoms with E-state index in [-0.39, 0.29) is 21.4 Å². The first kappa shape index (κ1) is 18.7. The van der Waals surface area contributed by atoms with Gasteiger partial charge in [0.15, 0.2) is 5.82 Å². The Morgan fingerprint density at radius 1 is 1.38 bits per heavy atom. The number of hydrogen-bond donors (Lipinski definition) is 2. The van der Waals surface area contributed by atoms with E-state index >= 15 is 0 Å². The number of allylic oxidation sites excluding steroid dienone is 1. The molecule has 1 aliphatic rings. The van der Waals surface area contributed by atoms with E-state index in [2.05, 4.69) is 5.32 Å². The molecule has 1 aliphatic heterocycles. The van der Waals surface area contributed by atoms with Gasteiger partial charge in [0.05, 0.1) is 10.0 Å². The van der Waals surface area contributed by atoms with Crippen LogP contribution in [-0.4, -0.2) is 24.2 Å². The fourth-order valence-electron chi connectivity index (χ4n) is 2.29. The number of rotatable bonds is 4. The predicted octanol–water partition coefficient (Wildman–Crippen LogP) is 4.41. The maximum absolute atomic E-state index is 13.5. The molecule has 0 saturated carbocycles. The molecule has 1 unspecified atom stereocenters. The fourth-order valence-corrected chi connectivity index (χ4v) is 2.76. The number of carbonyl (C=O) groups is 1. The van der Waals surface area contributed by atoms with Crippen molar-refractivity contribution in [3.05, 3.63) is 40.3 Å². The van der Waals surface area contributed by atoms with Gasteiger partial charge in [-0.25, -0.2) is 4.39 Å². The van der Waals surface area contributed by atoms with Gasteiger partial charge in [0.2, 0.25) is 5.91 Å². The maximum atomic E-state index is 13.5. The quantitative estimate of drug-likeness (QED) is 0.608. The molecule has 0 radical (unpaired) electrons. The second kappa shape index (κ2) is 7.11. The van der Waals surface area contributed by atoms with Crippen LogP contribution in [0.25, 0.3) is 0 Å². The Labute approximate surface area is 151 Å². The second-order valence-corrected chi connectivity index (χ2v) is 7.53. The third-order valence-electron chi connectivity index (χ3n) is 3.84. The average molecular weight is 372 g/mol. The van der Waals surface area contributed by atoms with Gasteiger partial charge in [-0.15, -0.1) is 0 Å². The van der Waals surface area contributed by atoms with E-state index in [1.54, 1.807) is 12.3 Å². The van der Waals surface area contributed by atoms with Crippen LogP contribution in [0.2, 0.25) is 10.0 Å². The molecule has 1 amide bonds. The van der Waals surface area contributed by atoms with Gasteiger partial charge >= 0.3 is 0 Å². The maximum Gasteiger partial charge on any atom is 0.249 e. The fraction of sp³-hybridized carbons (Fsp3) is 0.412. The summed E-state index contributed by atoms with van der Waals surface area (Å²) in [6.45, 7) is 6.33. The molecular weight excluding hydrogens is 352 g/mol. The SMILES string of the molecule is CC(C)(C)C(=N)/C=C\NC1CCN(c2cc(Cl)c(F)c(Cl)c2)C1=O. The lowest BCUT2D eigenvalue weighted by atomic mass is 9.90. The highest BCUT2D eigenvalue weighted by Crippen LogP contribution is 2.31. The smallest absolute Gasteiger partial charge is 0.249 e. The summed E-state index contributed by atoms with van der Waals surface area (Å²) in [7, 11) is 0. The average Bonchev–Trinajstić information content (AvgIpc) is 2.84. The number of halogens is 3. The highest BCUT2D eigenvalue weighted by molar-refractivity contribution is 6.35. The van der Waals surface area contributed by atoms with E-state index in [4.69, 9.17) is 28.6 Å². The van der Waals surface area contributed by atoms with E-state index in [0.717, 1.165) is 0 Å². The molecule has 1 fully saturated rings. The van der Waals surface area contributed by atoms with Gasteiger partial charge in [-0.3, -0.25) is 4.79 Å². The summed E-state index contributed by atoms with van der Waals surface area (Å²) in [5.74, 6) is -0.826. The summed E-state index contributed by atoms with van der Waals surface area (Å²) in [6.07, 6.45) is 3.88. The van der Waals surface area contributed by atoms with Crippen LogP contribution in [0.5, 0.6) is 0 Å². The molecule has 0 aliphatic carbocycles. The number of benzene rings is 1. The van der Waals surface area contributed by atoms with E-state index in [1.807, 2.05) is 20.8 Å². The Morgan fingerprint density at radius 3 is 2.50 bits per heavy atom. The molecule has 130 valence electrons. The highest BCUT2D eigenvalue weighted by Gasteiger charge is 2.32. The molecule has 0 bridgehead atoms. The first-order chi connectivity index (χ1) is 11.1. The van der Waals surface area contributed by atoms with E-state index in [1.165, 1.54) is 17.0 Å². The van der Waals surface area contributed by atoms with Crippen molar-refractivity contribution in [2.75, 3.05) is 11.4 Å². The van der Waals surface area contributed by atoms with Gasteiger partial charge in [0.25, 0.3) is 0 Å². The third-order valence-corrected chi connectivity index (χ3v) is 4.39. The first-order valence-corrected chi connectivity index (χ1v) is 8.34. The molecule has 4 nitrogen and oxygen atoms in total. The molecule has 0 spiro atoms. The number of carbonyl (C=O) groups excluding carboxylic acids is 1. The largest absolute Gasteiger partial charge is 0.380 e. The molecule has 1 aromatic carbocycles. The van der Waals surface area contributed by atoms with Crippen LogP contribution in [0.15, 0.2) is 24.4 Å². The Bertz CT molecular complexity index is 675. The van der Waals surface area contributed by atoms with Gasteiger partial charge in [-0.1, -0.05) is 44.0 Å². The Kier molecular flexibility index (Phi) is 5.56. The van der Waals surface area contributed by atoms with Gasteiger partial charge in [0.1, 0.15) is 6.04 Å². The zero-order valence-electron chi connectivity index (χ0n) is 13.8. The lowest BCUT2D eigenvalue weighted by Gasteiger charge is -2.18.